The van der Waals surface area contributed by atoms with Crippen LogP contribution in [0.2, 0.25) is 0 Å². The molecule has 2 amide bonds. The summed E-state index contributed by atoms with van der Waals surface area (Å²) < 4.78 is 15.9. The molecule has 1 atom stereocenters. The highest BCUT2D eigenvalue weighted by molar-refractivity contribution is 9.10. The second kappa shape index (κ2) is 7.47. The molecule has 2 fully saturated rings. The lowest BCUT2D eigenvalue weighted by Gasteiger charge is -2.36. The molecule has 0 radical (unpaired) electrons. The Morgan fingerprint density at radius 2 is 2.04 bits per heavy atom. The summed E-state index contributed by atoms with van der Waals surface area (Å²) in [6, 6.07) is 2.43. The minimum absolute atomic E-state index is 0.0111. The Morgan fingerprint density at radius 3 is 2.64 bits per heavy atom. The van der Waals surface area contributed by atoms with E-state index in [2.05, 4.69) is 15.9 Å². The topological polar surface area (TPSA) is 89.3 Å². The predicted molar refractivity (Wildman–Crippen MR) is 88.9 cm³/mol. The molecule has 0 saturated carbocycles. The minimum atomic E-state index is -0.708. The highest BCUT2D eigenvalue weighted by Gasteiger charge is 2.44. The second-order valence-electron chi connectivity index (χ2n) is 5.88. The van der Waals surface area contributed by atoms with Crippen LogP contribution in [0.25, 0.3) is 0 Å². The summed E-state index contributed by atoms with van der Waals surface area (Å²) in [6.07, 6.45) is 0.634. The Morgan fingerprint density at radius 1 is 1.32 bits per heavy atom. The number of furan rings is 1. The first-order valence-electron chi connectivity index (χ1n) is 8.17. The molecule has 3 heterocycles. The molecule has 2 aliphatic heterocycles. The van der Waals surface area contributed by atoms with Gasteiger partial charge in [0.05, 0.1) is 6.61 Å². The molecule has 0 aromatic carbocycles. The van der Waals surface area contributed by atoms with Crippen molar-refractivity contribution in [1.82, 2.24) is 9.80 Å². The summed E-state index contributed by atoms with van der Waals surface area (Å²) in [7, 11) is 0. The van der Waals surface area contributed by atoms with E-state index in [1.165, 1.54) is 4.90 Å². The quantitative estimate of drug-likeness (QED) is 0.700. The Bertz CT molecular complexity index is 667. The number of carbonyl (C=O) groups is 3. The van der Waals surface area contributed by atoms with Crippen LogP contribution >= 0.6 is 15.9 Å². The molecule has 2 saturated heterocycles. The molecule has 1 unspecified atom stereocenters. The zero-order valence-electron chi connectivity index (χ0n) is 13.8. The van der Waals surface area contributed by atoms with Crippen molar-refractivity contribution in [1.29, 1.82) is 0 Å². The molecule has 9 heteroatoms. The number of likely N-dealkylation sites (tertiary alicyclic amines) is 1. The van der Waals surface area contributed by atoms with Crippen LogP contribution in [0.5, 0.6) is 0 Å². The van der Waals surface area contributed by atoms with Crippen LogP contribution in [0.15, 0.2) is 21.2 Å². The van der Waals surface area contributed by atoms with Crippen LogP contribution < -0.4 is 0 Å². The molecule has 0 spiro atoms. The maximum atomic E-state index is 12.4. The highest BCUT2D eigenvalue weighted by Crippen LogP contribution is 2.26. The van der Waals surface area contributed by atoms with E-state index < -0.39 is 18.1 Å². The third-order valence-electron chi connectivity index (χ3n) is 4.40. The zero-order valence-corrected chi connectivity index (χ0v) is 15.4. The Balaban J connectivity index is 1.62. The van der Waals surface area contributed by atoms with Crippen molar-refractivity contribution in [2.75, 3.05) is 26.3 Å². The van der Waals surface area contributed by atoms with Gasteiger partial charge in [-0.25, -0.2) is 9.59 Å². The van der Waals surface area contributed by atoms with Crippen LogP contribution in [-0.2, 0) is 14.3 Å². The van der Waals surface area contributed by atoms with Gasteiger partial charge in [0, 0.05) is 19.1 Å². The monoisotopic (exact) mass is 414 g/mol. The molecule has 25 heavy (non-hydrogen) atoms. The average Bonchev–Trinajstić information content (AvgIpc) is 3.20. The van der Waals surface area contributed by atoms with Crippen molar-refractivity contribution in [3.05, 3.63) is 22.6 Å². The summed E-state index contributed by atoms with van der Waals surface area (Å²) in [5.74, 6) is -0.363. The molecule has 1 aromatic rings. The lowest BCUT2D eigenvalue weighted by atomic mass is 10.0. The third-order valence-corrected chi connectivity index (χ3v) is 4.83. The van der Waals surface area contributed by atoms with Crippen molar-refractivity contribution in [2.24, 2.45) is 0 Å². The summed E-state index contributed by atoms with van der Waals surface area (Å²) >= 11 is 3.18. The van der Waals surface area contributed by atoms with Gasteiger partial charge in [0.2, 0.25) is 0 Å². The molecule has 0 bridgehead atoms. The van der Waals surface area contributed by atoms with Gasteiger partial charge in [0.25, 0.3) is 5.91 Å². The number of hydrogen-bond donors (Lipinski definition) is 0. The number of cyclic esters (lactones) is 1. The first kappa shape index (κ1) is 17.8. The Kier molecular flexibility index (Phi) is 5.31. The lowest BCUT2D eigenvalue weighted by molar-refractivity contribution is -0.148. The van der Waals surface area contributed by atoms with Gasteiger partial charge in [0.1, 0.15) is 6.61 Å². The van der Waals surface area contributed by atoms with Crippen LogP contribution in [0.3, 0.4) is 0 Å². The standard InChI is InChI=1S/C16H19BrN2O6/c1-2-23-15(21)11-9-24-16(22)19(11)10-5-7-18(8-6-10)14(20)12-3-4-13(17)25-12/h3-4,10-11H,2,5-9H2,1H3. The van der Waals surface area contributed by atoms with E-state index in [-0.39, 0.29) is 30.9 Å². The fourth-order valence-corrected chi connectivity index (χ4v) is 3.49. The number of rotatable bonds is 4. The molecular formula is C16H19BrN2O6. The normalized spacial score (nSPS) is 21.4. The van der Waals surface area contributed by atoms with E-state index in [4.69, 9.17) is 13.9 Å². The summed E-state index contributed by atoms with van der Waals surface area (Å²) in [6.45, 7) is 2.93. The first-order valence-corrected chi connectivity index (χ1v) is 8.97. The van der Waals surface area contributed by atoms with Gasteiger partial charge in [-0.15, -0.1) is 0 Å². The van der Waals surface area contributed by atoms with Crippen molar-refractivity contribution < 1.29 is 28.3 Å². The maximum Gasteiger partial charge on any atom is 0.410 e. The van der Waals surface area contributed by atoms with Crippen LogP contribution in [0.1, 0.15) is 30.3 Å². The molecule has 136 valence electrons. The Labute approximate surface area is 153 Å². The molecule has 3 rings (SSSR count). The fraction of sp³-hybridized carbons (Fsp3) is 0.562. The second-order valence-corrected chi connectivity index (χ2v) is 6.66. The van der Waals surface area contributed by atoms with E-state index in [9.17, 15) is 14.4 Å². The summed E-state index contributed by atoms with van der Waals surface area (Å²) in [5, 5.41) is 0. The van der Waals surface area contributed by atoms with Crippen LogP contribution in [0.4, 0.5) is 4.79 Å². The first-order chi connectivity index (χ1) is 12.0. The number of carbonyl (C=O) groups excluding carboxylic acids is 3. The number of esters is 1. The van der Waals surface area contributed by atoms with Crippen molar-refractivity contribution >= 4 is 33.9 Å². The van der Waals surface area contributed by atoms with Gasteiger partial charge in [-0.1, -0.05) is 0 Å². The van der Waals surface area contributed by atoms with Crippen molar-refractivity contribution in [3.63, 3.8) is 0 Å². The maximum absolute atomic E-state index is 12.4. The summed E-state index contributed by atoms with van der Waals surface area (Å²) in [4.78, 5) is 39.6. The van der Waals surface area contributed by atoms with Gasteiger partial charge in [0.15, 0.2) is 16.5 Å². The van der Waals surface area contributed by atoms with Crippen LogP contribution in [0, 0.1) is 0 Å². The van der Waals surface area contributed by atoms with Crippen LogP contribution in [-0.4, -0.2) is 66.2 Å². The van der Waals surface area contributed by atoms with E-state index in [0.717, 1.165) is 0 Å². The number of piperidine rings is 1. The smallest absolute Gasteiger partial charge is 0.410 e. The fourth-order valence-electron chi connectivity index (χ4n) is 3.19. The van der Waals surface area contributed by atoms with Gasteiger partial charge in [-0.2, -0.15) is 0 Å². The SMILES string of the molecule is CCOC(=O)C1COC(=O)N1C1CCN(C(=O)c2ccc(Br)o2)CC1. The molecule has 0 aliphatic carbocycles. The molecule has 0 N–H and O–H groups in total. The van der Waals surface area contributed by atoms with Gasteiger partial charge >= 0.3 is 12.1 Å². The molecule has 2 aliphatic rings. The number of amides is 2. The van der Waals surface area contributed by atoms with Crippen molar-refractivity contribution in [3.8, 4) is 0 Å². The number of hydrogen-bond acceptors (Lipinski definition) is 6. The number of halogens is 1. The predicted octanol–water partition coefficient (Wildman–Crippen LogP) is 2.03. The highest BCUT2D eigenvalue weighted by atomic mass is 79.9. The van der Waals surface area contributed by atoms with Gasteiger partial charge in [-0.3, -0.25) is 9.69 Å². The van der Waals surface area contributed by atoms with E-state index in [0.29, 0.717) is 30.6 Å². The molecular weight excluding hydrogens is 396 g/mol. The van der Waals surface area contributed by atoms with Gasteiger partial charge in [-0.05, 0) is 47.8 Å². The number of nitrogens with zero attached hydrogens (tertiary/aromatic N) is 2. The van der Waals surface area contributed by atoms with Gasteiger partial charge < -0.3 is 18.8 Å². The third kappa shape index (κ3) is 3.65. The van der Waals surface area contributed by atoms with E-state index >= 15 is 0 Å². The number of ether oxygens (including phenoxy) is 2. The minimum Gasteiger partial charge on any atom is -0.464 e. The van der Waals surface area contributed by atoms with E-state index in [1.54, 1.807) is 24.0 Å². The van der Waals surface area contributed by atoms with E-state index in [1.807, 2.05) is 0 Å². The zero-order chi connectivity index (χ0) is 18.0. The molecule has 8 nitrogen and oxygen atoms in total. The Hall–Kier alpha value is -2.03. The molecule has 1 aromatic heterocycles. The lowest BCUT2D eigenvalue weighted by Crippen LogP contribution is -2.52. The average molecular weight is 415 g/mol. The van der Waals surface area contributed by atoms with Crippen molar-refractivity contribution in [2.45, 2.75) is 31.8 Å². The summed E-state index contributed by atoms with van der Waals surface area (Å²) in [5.41, 5.74) is 0. The largest absolute Gasteiger partial charge is 0.464 e.